The molecule has 1 aromatic carbocycles. The van der Waals surface area contributed by atoms with Crippen LogP contribution in [0, 0.1) is 0 Å². The number of rotatable bonds is 4. The molecule has 5 heteroatoms. The molecular weight excluding hydrogens is 278 g/mol. The van der Waals surface area contributed by atoms with E-state index in [2.05, 4.69) is 10.3 Å². The molecule has 0 saturated carbocycles. The highest BCUT2D eigenvalue weighted by atomic mass is 16.5. The Morgan fingerprint density at radius 2 is 2.05 bits per heavy atom. The summed E-state index contributed by atoms with van der Waals surface area (Å²) in [5.74, 6) is 0.688. The molecule has 0 unspecified atom stereocenters. The predicted molar refractivity (Wildman–Crippen MR) is 86.1 cm³/mol. The van der Waals surface area contributed by atoms with Gasteiger partial charge in [-0.05, 0) is 31.2 Å². The van der Waals surface area contributed by atoms with Gasteiger partial charge in [0.2, 0.25) is 5.91 Å². The van der Waals surface area contributed by atoms with Crippen LogP contribution in [0.25, 0.3) is 16.9 Å². The Kier molecular flexibility index (Phi) is 3.78. The maximum Gasteiger partial charge on any atom is 0.221 e. The number of nitrogens with zero attached hydrogens (tertiary/aromatic N) is 2. The number of amides is 1. The Hall–Kier alpha value is -2.82. The van der Waals surface area contributed by atoms with Gasteiger partial charge in [-0.3, -0.25) is 4.79 Å². The molecule has 0 saturated heterocycles. The lowest BCUT2D eigenvalue weighted by Gasteiger charge is -2.03. The molecule has 1 N–H and O–H groups in total. The second-order valence-corrected chi connectivity index (χ2v) is 4.92. The molecule has 5 nitrogen and oxygen atoms in total. The van der Waals surface area contributed by atoms with Crippen molar-refractivity contribution >= 4 is 17.2 Å². The minimum atomic E-state index is -0.0816. The zero-order valence-electron chi connectivity index (χ0n) is 12.5. The number of fused-ring (bicyclic) bond motifs is 1. The van der Waals surface area contributed by atoms with E-state index in [0.29, 0.717) is 6.61 Å². The number of pyridine rings is 1. The summed E-state index contributed by atoms with van der Waals surface area (Å²) in [6.07, 6.45) is 3.91. The number of benzene rings is 1. The molecule has 2 heterocycles. The van der Waals surface area contributed by atoms with E-state index < -0.39 is 0 Å². The fraction of sp³-hybridized carbons (Fsp3) is 0.176. The van der Waals surface area contributed by atoms with Crippen LogP contribution < -0.4 is 10.1 Å². The summed E-state index contributed by atoms with van der Waals surface area (Å²) in [6, 6.07) is 11.5. The quantitative estimate of drug-likeness (QED) is 0.803. The summed E-state index contributed by atoms with van der Waals surface area (Å²) in [6.45, 7) is 4.05. The van der Waals surface area contributed by atoms with Crippen molar-refractivity contribution in [2.45, 2.75) is 13.8 Å². The van der Waals surface area contributed by atoms with Crippen molar-refractivity contribution in [2.75, 3.05) is 11.9 Å². The summed E-state index contributed by atoms with van der Waals surface area (Å²) in [7, 11) is 0. The third-order valence-corrected chi connectivity index (χ3v) is 3.25. The first kappa shape index (κ1) is 14.1. The molecule has 1 amide bonds. The molecule has 22 heavy (non-hydrogen) atoms. The van der Waals surface area contributed by atoms with Crippen LogP contribution in [0.5, 0.6) is 5.75 Å². The monoisotopic (exact) mass is 295 g/mol. The number of ether oxygens (including phenoxy) is 1. The van der Waals surface area contributed by atoms with E-state index in [-0.39, 0.29) is 5.91 Å². The lowest BCUT2D eigenvalue weighted by atomic mass is 10.1. The normalized spacial score (nSPS) is 10.6. The summed E-state index contributed by atoms with van der Waals surface area (Å²) < 4.78 is 7.55. The number of carbonyl (C=O) groups is 1. The van der Waals surface area contributed by atoms with Gasteiger partial charge in [-0.15, -0.1) is 0 Å². The van der Waals surface area contributed by atoms with Gasteiger partial charge in [0.1, 0.15) is 0 Å². The van der Waals surface area contributed by atoms with Gasteiger partial charge in [-0.25, -0.2) is 4.98 Å². The second kappa shape index (κ2) is 5.89. The molecule has 3 rings (SSSR count). The first-order valence-corrected chi connectivity index (χ1v) is 7.16. The van der Waals surface area contributed by atoms with Crippen LogP contribution in [-0.4, -0.2) is 21.9 Å². The maximum absolute atomic E-state index is 11.0. The van der Waals surface area contributed by atoms with Crippen molar-refractivity contribution in [3.05, 3.63) is 48.8 Å². The Labute approximate surface area is 128 Å². The zero-order valence-corrected chi connectivity index (χ0v) is 12.5. The molecule has 3 aromatic rings. The average molecular weight is 295 g/mol. The van der Waals surface area contributed by atoms with Gasteiger partial charge >= 0.3 is 0 Å². The fourth-order valence-corrected chi connectivity index (χ4v) is 2.32. The Morgan fingerprint density at radius 3 is 2.73 bits per heavy atom. The number of hydrogen-bond donors (Lipinski definition) is 1. The molecule has 0 radical (unpaired) electrons. The smallest absolute Gasteiger partial charge is 0.221 e. The first-order valence-electron chi connectivity index (χ1n) is 7.16. The molecular formula is C17H17N3O2. The standard InChI is InChI=1S/C17H17N3O2/c1-3-22-16-5-4-10-20-11-15(19-17(16)20)13-6-8-14(9-7-13)18-12(2)21/h4-11H,3H2,1-2H3,(H,18,21). The Bertz CT molecular complexity index is 806. The van der Waals surface area contributed by atoms with E-state index in [1.807, 2.05) is 60.1 Å². The van der Waals surface area contributed by atoms with E-state index >= 15 is 0 Å². The third-order valence-electron chi connectivity index (χ3n) is 3.25. The lowest BCUT2D eigenvalue weighted by molar-refractivity contribution is -0.114. The van der Waals surface area contributed by atoms with Crippen LogP contribution in [0.15, 0.2) is 48.8 Å². The highest BCUT2D eigenvalue weighted by molar-refractivity contribution is 5.88. The molecule has 0 atom stereocenters. The molecule has 2 aromatic heterocycles. The van der Waals surface area contributed by atoms with E-state index in [1.54, 1.807) is 0 Å². The largest absolute Gasteiger partial charge is 0.490 e. The number of aromatic nitrogens is 2. The molecule has 0 aliphatic carbocycles. The topological polar surface area (TPSA) is 55.6 Å². The molecule has 0 spiro atoms. The summed E-state index contributed by atoms with van der Waals surface area (Å²) in [5.41, 5.74) is 3.42. The summed E-state index contributed by atoms with van der Waals surface area (Å²) in [5, 5.41) is 2.75. The van der Waals surface area contributed by atoms with Crippen molar-refractivity contribution in [1.29, 1.82) is 0 Å². The van der Waals surface area contributed by atoms with Crippen molar-refractivity contribution in [3.8, 4) is 17.0 Å². The van der Waals surface area contributed by atoms with E-state index in [9.17, 15) is 4.79 Å². The SMILES string of the molecule is CCOc1cccn2cc(-c3ccc(NC(C)=O)cc3)nc12. The lowest BCUT2D eigenvalue weighted by Crippen LogP contribution is -2.05. The second-order valence-electron chi connectivity index (χ2n) is 4.92. The first-order chi connectivity index (χ1) is 10.7. The van der Waals surface area contributed by atoms with Crippen molar-refractivity contribution in [2.24, 2.45) is 0 Å². The van der Waals surface area contributed by atoms with Crippen molar-refractivity contribution < 1.29 is 9.53 Å². The van der Waals surface area contributed by atoms with Crippen molar-refractivity contribution in [1.82, 2.24) is 9.38 Å². The average Bonchev–Trinajstić information content (AvgIpc) is 2.93. The zero-order chi connectivity index (χ0) is 15.5. The van der Waals surface area contributed by atoms with Crippen LogP contribution in [0.2, 0.25) is 0 Å². The van der Waals surface area contributed by atoms with E-state index in [0.717, 1.165) is 28.3 Å². The van der Waals surface area contributed by atoms with Gasteiger partial charge in [0.05, 0.1) is 12.3 Å². The van der Waals surface area contributed by atoms with Crippen LogP contribution in [0.1, 0.15) is 13.8 Å². The van der Waals surface area contributed by atoms with Crippen LogP contribution in [0.4, 0.5) is 5.69 Å². The van der Waals surface area contributed by atoms with E-state index in [4.69, 9.17) is 4.74 Å². The molecule has 0 fully saturated rings. The fourth-order valence-electron chi connectivity index (χ4n) is 2.32. The number of nitrogens with one attached hydrogen (secondary N) is 1. The van der Waals surface area contributed by atoms with Gasteiger partial charge in [0, 0.05) is 30.6 Å². The van der Waals surface area contributed by atoms with E-state index in [1.165, 1.54) is 6.92 Å². The van der Waals surface area contributed by atoms with Crippen LogP contribution in [-0.2, 0) is 4.79 Å². The number of imidazole rings is 1. The minimum absolute atomic E-state index is 0.0816. The predicted octanol–water partition coefficient (Wildman–Crippen LogP) is 3.36. The molecule has 0 aliphatic rings. The molecule has 0 bridgehead atoms. The van der Waals surface area contributed by atoms with Crippen LogP contribution >= 0.6 is 0 Å². The molecule has 112 valence electrons. The Balaban J connectivity index is 1.96. The van der Waals surface area contributed by atoms with Gasteiger partial charge < -0.3 is 14.5 Å². The van der Waals surface area contributed by atoms with Gasteiger partial charge in [-0.2, -0.15) is 0 Å². The number of hydrogen-bond acceptors (Lipinski definition) is 3. The maximum atomic E-state index is 11.0. The highest BCUT2D eigenvalue weighted by Gasteiger charge is 2.08. The number of carbonyl (C=O) groups excluding carboxylic acids is 1. The van der Waals surface area contributed by atoms with Crippen LogP contribution in [0.3, 0.4) is 0 Å². The van der Waals surface area contributed by atoms with Crippen molar-refractivity contribution in [3.63, 3.8) is 0 Å². The number of anilines is 1. The molecule has 0 aliphatic heterocycles. The minimum Gasteiger partial charge on any atom is -0.490 e. The summed E-state index contributed by atoms with van der Waals surface area (Å²) in [4.78, 5) is 15.7. The van der Waals surface area contributed by atoms with Gasteiger partial charge in [-0.1, -0.05) is 12.1 Å². The van der Waals surface area contributed by atoms with Gasteiger partial charge in [0.15, 0.2) is 11.4 Å². The highest BCUT2D eigenvalue weighted by Crippen LogP contribution is 2.25. The summed E-state index contributed by atoms with van der Waals surface area (Å²) >= 11 is 0. The van der Waals surface area contributed by atoms with Gasteiger partial charge in [0.25, 0.3) is 0 Å². The Morgan fingerprint density at radius 1 is 1.27 bits per heavy atom. The third kappa shape index (κ3) is 2.79.